The summed E-state index contributed by atoms with van der Waals surface area (Å²) in [5, 5.41) is 3.22. The number of carbonyl (C=O) groups excluding carboxylic acids is 1. The van der Waals surface area contributed by atoms with E-state index in [-0.39, 0.29) is 6.10 Å². The van der Waals surface area contributed by atoms with Crippen LogP contribution in [0.3, 0.4) is 0 Å². The second kappa shape index (κ2) is 4.34. The Balaban J connectivity index is 2.18. The van der Waals surface area contributed by atoms with Gasteiger partial charge >= 0.3 is 0 Å². The Kier molecular flexibility index (Phi) is 3.36. The monoisotopic (exact) mass is 157 g/mol. The Morgan fingerprint density at radius 1 is 1.36 bits per heavy atom. The minimum absolute atomic E-state index is 0.178. The third-order valence-corrected chi connectivity index (χ3v) is 2.33. The molecule has 1 aliphatic carbocycles. The van der Waals surface area contributed by atoms with Crippen LogP contribution in [0.5, 0.6) is 0 Å². The minimum Gasteiger partial charge on any atom is -0.465 e. The highest BCUT2D eigenvalue weighted by molar-refractivity contribution is 5.37. The number of hydrogen-bond acceptors (Lipinski definition) is 3. The molecule has 0 aliphatic heterocycles. The Bertz CT molecular complexity index is 119. The lowest BCUT2D eigenvalue weighted by molar-refractivity contribution is -0.135. The average Bonchev–Trinajstić information content (AvgIpc) is 2.07. The maximum Gasteiger partial charge on any atom is 0.293 e. The lowest BCUT2D eigenvalue weighted by atomic mass is 9.93. The topological polar surface area (TPSA) is 38.3 Å². The molecule has 0 aromatic rings. The predicted molar refractivity (Wildman–Crippen MR) is 42.3 cm³/mol. The molecule has 0 bridgehead atoms. The Labute approximate surface area is 67.1 Å². The van der Waals surface area contributed by atoms with E-state index in [4.69, 9.17) is 4.74 Å². The van der Waals surface area contributed by atoms with Gasteiger partial charge in [0.2, 0.25) is 0 Å². The second-order valence-corrected chi connectivity index (χ2v) is 2.99. The van der Waals surface area contributed by atoms with E-state index < -0.39 is 0 Å². The van der Waals surface area contributed by atoms with Crippen LogP contribution in [0.2, 0.25) is 0 Å². The van der Waals surface area contributed by atoms with E-state index in [1.807, 2.05) is 7.05 Å². The molecule has 0 aromatic heterocycles. The molecule has 0 spiro atoms. The first-order valence-corrected chi connectivity index (χ1v) is 4.13. The molecule has 1 aliphatic rings. The first-order valence-electron chi connectivity index (χ1n) is 4.13. The van der Waals surface area contributed by atoms with Crippen molar-refractivity contribution in [2.24, 2.45) is 0 Å². The van der Waals surface area contributed by atoms with Gasteiger partial charge in [0.05, 0.1) is 0 Å². The first kappa shape index (κ1) is 8.53. The first-order chi connectivity index (χ1) is 5.36. The summed E-state index contributed by atoms with van der Waals surface area (Å²) in [6, 6.07) is 0.626. The highest BCUT2D eigenvalue weighted by Crippen LogP contribution is 2.19. The van der Waals surface area contributed by atoms with Crippen LogP contribution in [0, 0.1) is 0 Å². The molecule has 0 radical (unpaired) electrons. The zero-order valence-electron chi connectivity index (χ0n) is 6.88. The zero-order valence-corrected chi connectivity index (χ0v) is 6.88. The molecule has 0 saturated heterocycles. The van der Waals surface area contributed by atoms with Gasteiger partial charge in [-0.05, 0) is 32.7 Å². The SMILES string of the molecule is CN[C@H]1CC[C@H](OC=O)CC1. The number of hydrogen-bond donors (Lipinski definition) is 1. The standard InChI is InChI=1S/C8H15NO2/c1-9-7-2-4-8(5-3-7)11-6-10/h6-9H,2-5H2,1H3/t7-,8-. The van der Waals surface area contributed by atoms with Crippen LogP contribution < -0.4 is 5.32 Å². The van der Waals surface area contributed by atoms with Gasteiger partial charge in [-0.2, -0.15) is 0 Å². The number of nitrogens with one attached hydrogen (secondary N) is 1. The number of ether oxygens (including phenoxy) is 1. The maximum atomic E-state index is 9.99. The van der Waals surface area contributed by atoms with Crippen molar-refractivity contribution in [2.45, 2.75) is 37.8 Å². The van der Waals surface area contributed by atoms with Gasteiger partial charge in [0, 0.05) is 6.04 Å². The van der Waals surface area contributed by atoms with Gasteiger partial charge < -0.3 is 10.1 Å². The summed E-state index contributed by atoms with van der Waals surface area (Å²) < 4.78 is 4.87. The van der Waals surface area contributed by atoms with Crippen LogP contribution in [-0.2, 0) is 9.53 Å². The van der Waals surface area contributed by atoms with Crippen molar-refractivity contribution in [2.75, 3.05) is 7.05 Å². The smallest absolute Gasteiger partial charge is 0.293 e. The fourth-order valence-electron chi connectivity index (χ4n) is 1.57. The van der Waals surface area contributed by atoms with Crippen LogP contribution in [0.25, 0.3) is 0 Å². The molecular weight excluding hydrogens is 142 g/mol. The van der Waals surface area contributed by atoms with Crippen molar-refractivity contribution >= 4 is 6.47 Å². The van der Waals surface area contributed by atoms with Crippen LogP contribution in [-0.4, -0.2) is 25.7 Å². The van der Waals surface area contributed by atoms with Crippen molar-refractivity contribution < 1.29 is 9.53 Å². The van der Waals surface area contributed by atoms with E-state index in [9.17, 15) is 4.79 Å². The zero-order chi connectivity index (χ0) is 8.10. The van der Waals surface area contributed by atoms with E-state index in [1.54, 1.807) is 0 Å². The van der Waals surface area contributed by atoms with Gasteiger partial charge in [0.15, 0.2) is 0 Å². The molecule has 0 atom stereocenters. The fourth-order valence-corrected chi connectivity index (χ4v) is 1.57. The summed E-state index contributed by atoms with van der Waals surface area (Å²) in [5.41, 5.74) is 0. The molecule has 0 amide bonds. The van der Waals surface area contributed by atoms with E-state index in [1.165, 1.54) is 0 Å². The molecule has 11 heavy (non-hydrogen) atoms. The van der Waals surface area contributed by atoms with Crippen molar-refractivity contribution in [1.29, 1.82) is 0 Å². The summed E-state index contributed by atoms with van der Waals surface area (Å²) in [5.74, 6) is 0. The van der Waals surface area contributed by atoms with Gasteiger partial charge in [-0.25, -0.2) is 0 Å². The van der Waals surface area contributed by atoms with Gasteiger partial charge in [-0.1, -0.05) is 0 Å². The molecule has 3 nitrogen and oxygen atoms in total. The molecule has 0 unspecified atom stereocenters. The molecule has 1 rings (SSSR count). The fraction of sp³-hybridized carbons (Fsp3) is 0.875. The van der Waals surface area contributed by atoms with Crippen molar-refractivity contribution in [1.82, 2.24) is 5.32 Å². The average molecular weight is 157 g/mol. The summed E-state index contributed by atoms with van der Waals surface area (Å²) >= 11 is 0. The van der Waals surface area contributed by atoms with E-state index in [0.29, 0.717) is 12.5 Å². The third-order valence-electron chi connectivity index (χ3n) is 2.33. The maximum absolute atomic E-state index is 9.99. The summed E-state index contributed by atoms with van der Waals surface area (Å²) in [7, 11) is 1.98. The Hall–Kier alpha value is -0.570. The molecular formula is C8H15NO2. The van der Waals surface area contributed by atoms with Crippen LogP contribution >= 0.6 is 0 Å². The summed E-state index contributed by atoms with van der Waals surface area (Å²) in [6.45, 7) is 0.560. The molecule has 1 fully saturated rings. The summed E-state index contributed by atoms with van der Waals surface area (Å²) in [4.78, 5) is 9.99. The third kappa shape index (κ3) is 2.50. The molecule has 0 aromatic carbocycles. The van der Waals surface area contributed by atoms with Crippen molar-refractivity contribution in [3.05, 3.63) is 0 Å². The molecule has 1 N–H and O–H groups in total. The van der Waals surface area contributed by atoms with Crippen LogP contribution in [0.1, 0.15) is 25.7 Å². The van der Waals surface area contributed by atoms with Gasteiger partial charge in [-0.3, -0.25) is 4.79 Å². The summed E-state index contributed by atoms with van der Waals surface area (Å²) in [6.07, 6.45) is 4.43. The Morgan fingerprint density at radius 3 is 2.45 bits per heavy atom. The quantitative estimate of drug-likeness (QED) is 0.612. The lowest BCUT2D eigenvalue weighted by Gasteiger charge is -2.26. The number of carbonyl (C=O) groups is 1. The highest BCUT2D eigenvalue weighted by Gasteiger charge is 2.20. The van der Waals surface area contributed by atoms with Gasteiger partial charge in [0.1, 0.15) is 6.10 Å². The van der Waals surface area contributed by atoms with Crippen molar-refractivity contribution in [3.63, 3.8) is 0 Å². The largest absolute Gasteiger partial charge is 0.465 e. The second-order valence-electron chi connectivity index (χ2n) is 2.99. The van der Waals surface area contributed by atoms with Gasteiger partial charge in [0.25, 0.3) is 6.47 Å². The minimum atomic E-state index is 0.178. The highest BCUT2D eigenvalue weighted by atomic mass is 16.5. The van der Waals surface area contributed by atoms with E-state index in [0.717, 1.165) is 25.7 Å². The van der Waals surface area contributed by atoms with Crippen LogP contribution in [0.15, 0.2) is 0 Å². The normalized spacial score (nSPS) is 31.4. The van der Waals surface area contributed by atoms with E-state index in [2.05, 4.69) is 5.32 Å². The van der Waals surface area contributed by atoms with Crippen LogP contribution in [0.4, 0.5) is 0 Å². The molecule has 1 saturated carbocycles. The molecule has 0 heterocycles. The van der Waals surface area contributed by atoms with Crippen molar-refractivity contribution in [3.8, 4) is 0 Å². The lowest BCUT2D eigenvalue weighted by Crippen LogP contribution is -2.32. The van der Waals surface area contributed by atoms with E-state index >= 15 is 0 Å². The molecule has 64 valence electrons. The van der Waals surface area contributed by atoms with Gasteiger partial charge in [-0.15, -0.1) is 0 Å². The Morgan fingerprint density at radius 2 is 2.00 bits per heavy atom. The predicted octanol–water partition coefficient (Wildman–Crippen LogP) is 0.690. The molecule has 3 heteroatoms. The number of rotatable bonds is 3.